The van der Waals surface area contributed by atoms with E-state index in [1.165, 1.54) is 4.90 Å². The van der Waals surface area contributed by atoms with E-state index in [9.17, 15) is 4.79 Å². The first-order valence-corrected chi connectivity index (χ1v) is 10.9. The maximum absolute atomic E-state index is 13.6. The van der Waals surface area contributed by atoms with Gasteiger partial charge in [0.2, 0.25) is 0 Å². The van der Waals surface area contributed by atoms with Gasteiger partial charge in [-0.2, -0.15) is 5.10 Å². The van der Waals surface area contributed by atoms with Gasteiger partial charge in [0.25, 0.3) is 5.91 Å². The van der Waals surface area contributed by atoms with Crippen LogP contribution in [-0.4, -0.2) is 28.8 Å². The molecule has 0 N–H and O–H groups in total. The Hall–Kier alpha value is -2.73. The monoisotopic (exact) mass is 407 g/mol. The summed E-state index contributed by atoms with van der Waals surface area (Å²) >= 11 is 1.76. The minimum absolute atomic E-state index is 0.0483. The maximum atomic E-state index is 13.6. The normalized spacial score (nSPS) is 12.2. The predicted molar refractivity (Wildman–Crippen MR) is 118 cm³/mol. The number of carbonyl (C=O) groups is 1. The lowest BCUT2D eigenvalue weighted by Crippen LogP contribution is -2.32. The molecule has 6 heteroatoms. The molecule has 0 aliphatic carbocycles. The van der Waals surface area contributed by atoms with Crippen LogP contribution in [0.5, 0.6) is 5.75 Å². The zero-order chi connectivity index (χ0) is 20.4. The van der Waals surface area contributed by atoms with E-state index >= 15 is 0 Å². The van der Waals surface area contributed by atoms with Crippen LogP contribution in [-0.2, 0) is 12.8 Å². The smallest absolute Gasteiger partial charge is 0.279 e. The van der Waals surface area contributed by atoms with Crippen molar-refractivity contribution in [3.8, 4) is 17.0 Å². The summed E-state index contributed by atoms with van der Waals surface area (Å²) in [5.41, 5.74) is 4.63. The molecule has 0 fully saturated rings. The molecule has 1 aliphatic heterocycles. The Morgan fingerprint density at radius 1 is 1.17 bits per heavy atom. The van der Waals surface area contributed by atoms with Gasteiger partial charge < -0.3 is 9.64 Å². The van der Waals surface area contributed by atoms with Crippen LogP contribution in [0.3, 0.4) is 0 Å². The number of fused-ring (bicyclic) bond motifs is 3. The lowest BCUT2D eigenvalue weighted by Gasteiger charge is -2.23. The third-order valence-electron chi connectivity index (χ3n) is 5.01. The second kappa shape index (κ2) is 8.33. The van der Waals surface area contributed by atoms with Crippen LogP contribution < -0.4 is 9.64 Å². The number of hydrogen-bond acceptors (Lipinski definition) is 4. The van der Waals surface area contributed by atoms with Gasteiger partial charge in [-0.3, -0.25) is 9.48 Å². The molecule has 4 rings (SSSR count). The summed E-state index contributed by atoms with van der Waals surface area (Å²) in [7, 11) is 1.92. The minimum atomic E-state index is -0.0483. The average molecular weight is 408 g/mol. The van der Waals surface area contributed by atoms with E-state index in [0.29, 0.717) is 18.8 Å². The van der Waals surface area contributed by atoms with E-state index in [1.807, 2.05) is 60.0 Å². The highest BCUT2D eigenvalue weighted by Crippen LogP contribution is 2.42. The zero-order valence-electron chi connectivity index (χ0n) is 17.0. The fourth-order valence-electron chi connectivity index (χ4n) is 3.74. The molecular weight excluding hydrogens is 382 g/mol. The van der Waals surface area contributed by atoms with Crippen LogP contribution in [0.1, 0.15) is 36.3 Å². The van der Waals surface area contributed by atoms with Crippen molar-refractivity contribution in [1.82, 2.24) is 9.78 Å². The van der Waals surface area contributed by atoms with Gasteiger partial charge in [-0.1, -0.05) is 25.1 Å². The van der Waals surface area contributed by atoms with Crippen LogP contribution in [0, 0.1) is 0 Å². The largest absolute Gasteiger partial charge is 0.494 e. The number of aryl methyl sites for hydroxylation is 1. The van der Waals surface area contributed by atoms with Gasteiger partial charge in [0.15, 0.2) is 5.69 Å². The van der Waals surface area contributed by atoms with E-state index in [2.05, 4.69) is 24.2 Å². The van der Waals surface area contributed by atoms with Gasteiger partial charge >= 0.3 is 0 Å². The quantitative estimate of drug-likeness (QED) is 0.567. The summed E-state index contributed by atoms with van der Waals surface area (Å²) in [6.45, 7) is 5.30. The predicted octanol–water partition coefficient (Wildman–Crippen LogP) is 5.15. The molecule has 3 aromatic rings. The first-order valence-electron chi connectivity index (χ1n) is 9.96. The number of hydrogen-bond donors (Lipinski definition) is 0. The highest BCUT2D eigenvalue weighted by atomic mass is 32.2. The number of benzene rings is 2. The Morgan fingerprint density at radius 3 is 2.66 bits per heavy atom. The van der Waals surface area contributed by atoms with Crippen LogP contribution in [0.15, 0.2) is 53.4 Å². The minimum Gasteiger partial charge on any atom is -0.494 e. The van der Waals surface area contributed by atoms with Gasteiger partial charge in [-0.15, -0.1) is 11.8 Å². The van der Waals surface area contributed by atoms with Gasteiger partial charge in [-0.25, -0.2) is 0 Å². The summed E-state index contributed by atoms with van der Waals surface area (Å²) < 4.78 is 7.39. The fraction of sp³-hybridized carbons (Fsp3) is 0.304. The molecule has 2 aromatic carbocycles. The SMILES string of the molecule is CCCN(C(=O)c1nn(C)c2c1CSc1ccccc1-2)c1ccc(OCC)cc1. The topological polar surface area (TPSA) is 47.4 Å². The molecule has 0 spiro atoms. The molecule has 0 radical (unpaired) electrons. The van der Waals surface area contributed by atoms with Gasteiger partial charge in [0, 0.05) is 41.1 Å². The molecule has 0 bridgehead atoms. The van der Waals surface area contributed by atoms with Crippen LogP contribution in [0.25, 0.3) is 11.3 Å². The third kappa shape index (κ3) is 3.65. The Balaban J connectivity index is 1.71. The van der Waals surface area contributed by atoms with E-state index in [4.69, 9.17) is 4.74 Å². The lowest BCUT2D eigenvalue weighted by atomic mass is 10.1. The Morgan fingerprint density at radius 2 is 1.93 bits per heavy atom. The number of anilines is 1. The fourth-order valence-corrected chi connectivity index (χ4v) is 4.81. The number of thioether (sulfide) groups is 1. The van der Waals surface area contributed by atoms with Crippen molar-refractivity contribution in [1.29, 1.82) is 0 Å². The molecule has 0 atom stereocenters. The molecule has 1 amide bonds. The number of rotatable bonds is 6. The molecule has 29 heavy (non-hydrogen) atoms. The van der Waals surface area contributed by atoms with Crippen molar-refractivity contribution in [3.63, 3.8) is 0 Å². The summed E-state index contributed by atoms with van der Waals surface area (Å²) in [5, 5.41) is 4.65. The van der Waals surface area contributed by atoms with Crippen molar-refractivity contribution >= 4 is 23.4 Å². The number of aromatic nitrogens is 2. The van der Waals surface area contributed by atoms with Crippen LogP contribution >= 0.6 is 11.8 Å². The summed E-state index contributed by atoms with van der Waals surface area (Å²) in [5.74, 6) is 1.51. The molecular formula is C23H25N3O2S. The Kier molecular flexibility index (Phi) is 5.62. The molecule has 1 aliphatic rings. The molecule has 2 heterocycles. The maximum Gasteiger partial charge on any atom is 0.279 e. The van der Waals surface area contributed by atoms with Gasteiger partial charge in [-0.05, 0) is 43.7 Å². The highest BCUT2D eigenvalue weighted by Gasteiger charge is 2.30. The standard InChI is InChI=1S/C23H25N3O2S/c1-4-14-26(16-10-12-17(13-11-16)28-5-2)23(27)21-19-15-29-20-9-7-6-8-18(20)22(19)25(3)24-21/h6-13H,4-5,14-15H2,1-3H3. The van der Waals surface area contributed by atoms with Crippen molar-refractivity contribution in [2.24, 2.45) is 7.05 Å². The summed E-state index contributed by atoms with van der Waals surface area (Å²) in [4.78, 5) is 16.6. The molecule has 5 nitrogen and oxygen atoms in total. The first-order chi connectivity index (χ1) is 14.1. The van der Waals surface area contributed by atoms with Crippen molar-refractivity contribution in [2.45, 2.75) is 30.9 Å². The number of amides is 1. The number of nitrogens with zero attached hydrogens (tertiary/aromatic N) is 3. The van der Waals surface area contributed by atoms with E-state index in [-0.39, 0.29) is 5.91 Å². The third-order valence-corrected chi connectivity index (χ3v) is 6.11. The summed E-state index contributed by atoms with van der Waals surface area (Å²) in [6, 6.07) is 16.0. The molecule has 0 unspecified atom stereocenters. The van der Waals surface area contributed by atoms with Gasteiger partial charge in [0.05, 0.1) is 12.3 Å². The van der Waals surface area contributed by atoms with Crippen molar-refractivity contribution in [3.05, 3.63) is 59.8 Å². The van der Waals surface area contributed by atoms with E-state index in [1.54, 1.807) is 11.8 Å². The second-order valence-corrected chi connectivity index (χ2v) is 7.99. The first kappa shape index (κ1) is 19.6. The molecule has 150 valence electrons. The second-order valence-electron chi connectivity index (χ2n) is 6.97. The van der Waals surface area contributed by atoms with E-state index in [0.717, 1.165) is 40.4 Å². The zero-order valence-corrected chi connectivity index (χ0v) is 17.8. The number of ether oxygens (including phenoxy) is 1. The van der Waals surface area contributed by atoms with Gasteiger partial charge in [0.1, 0.15) is 5.75 Å². The van der Waals surface area contributed by atoms with Crippen LogP contribution in [0.2, 0.25) is 0 Å². The average Bonchev–Trinajstić information content (AvgIpc) is 3.09. The van der Waals surface area contributed by atoms with Crippen molar-refractivity contribution in [2.75, 3.05) is 18.1 Å². The highest BCUT2D eigenvalue weighted by molar-refractivity contribution is 7.98. The lowest BCUT2D eigenvalue weighted by molar-refractivity contribution is 0.0980. The number of carbonyl (C=O) groups excluding carboxylic acids is 1. The van der Waals surface area contributed by atoms with Crippen molar-refractivity contribution < 1.29 is 9.53 Å². The van der Waals surface area contributed by atoms with Crippen LogP contribution in [0.4, 0.5) is 5.69 Å². The Labute approximate surface area is 175 Å². The molecule has 1 aromatic heterocycles. The Bertz CT molecular complexity index is 1030. The summed E-state index contributed by atoms with van der Waals surface area (Å²) in [6.07, 6.45) is 0.867. The van der Waals surface area contributed by atoms with E-state index < -0.39 is 0 Å². The molecule has 0 saturated carbocycles. The molecule has 0 saturated heterocycles.